The van der Waals surface area contributed by atoms with Gasteiger partial charge in [-0.3, -0.25) is 9.37 Å². The van der Waals surface area contributed by atoms with Crippen LogP contribution in [0.3, 0.4) is 0 Å². The third kappa shape index (κ3) is 7.46. The van der Waals surface area contributed by atoms with Gasteiger partial charge < -0.3 is 25.8 Å². The molecule has 0 atom stereocenters. The number of aliphatic hydroxyl groups excluding tert-OH is 1. The maximum atomic E-state index is 15.2. The molecule has 8 nitrogen and oxygen atoms in total. The third-order valence-electron chi connectivity index (χ3n) is 6.18. The van der Waals surface area contributed by atoms with E-state index in [4.69, 9.17) is 33.0 Å². The van der Waals surface area contributed by atoms with Crippen molar-refractivity contribution < 1.29 is 18.6 Å². The highest BCUT2D eigenvalue weighted by molar-refractivity contribution is 6.39. The van der Waals surface area contributed by atoms with Crippen LogP contribution in [0.4, 0.5) is 20.3 Å². The summed E-state index contributed by atoms with van der Waals surface area (Å²) in [7, 11) is 1.54. The Hall–Kier alpha value is -3.41. The predicted molar refractivity (Wildman–Crippen MR) is 158 cm³/mol. The maximum Gasteiger partial charge on any atom is 0.218 e. The molecule has 0 saturated carbocycles. The molecule has 41 heavy (non-hydrogen) atoms. The summed E-state index contributed by atoms with van der Waals surface area (Å²) in [5, 5.41) is 18.7. The van der Waals surface area contributed by atoms with E-state index in [-0.39, 0.29) is 24.0 Å². The van der Waals surface area contributed by atoms with Crippen LogP contribution >= 0.6 is 23.2 Å². The summed E-state index contributed by atoms with van der Waals surface area (Å²) in [5.74, 6) is -0.0950. The molecule has 3 heterocycles. The molecule has 0 unspecified atom stereocenters. The molecule has 12 heteroatoms. The molecule has 0 spiro atoms. The van der Waals surface area contributed by atoms with Gasteiger partial charge in [0.2, 0.25) is 5.88 Å². The fourth-order valence-electron chi connectivity index (χ4n) is 4.12. The lowest BCUT2D eigenvalue weighted by Gasteiger charge is -2.15. The molecule has 3 aromatic heterocycles. The Labute approximate surface area is 247 Å². The molecule has 4 N–H and O–H groups in total. The number of alkyl halides is 1. The first-order chi connectivity index (χ1) is 20.0. The van der Waals surface area contributed by atoms with Gasteiger partial charge >= 0.3 is 0 Å². The van der Waals surface area contributed by atoms with Gasteiger partial charge in [-0.15, -0.1) is 0 Å². The smallest absolute Gasteiger partial charge is 0.218 e. The summed E-state index contributed by atoms with van der Waals surface area (Å²) in [6, 6.07) is 12.3. The fraction of sp³-hybridized carbons (Fsp3) is 0.276. The first-order valence-electron chi connectivity index (χ1n) is 12.9. The van der Waals surface area contributed by atoms with Gasteiger partial charge in [-0.1, -0.05) is 41.4 Å². The number of halogens is 4. The van der Waals surface area contributed by atoms with Crippen LogP contribution in [0.15, 0.2) is 54.9 Å². The molecule has 0 aliphatic heterocycles. The Kier molecular flexibility index (Phi) is 11.2. The minimum Gasteiger partial charge on any atom is -0.481 e. The van der Waals surface area contributed by atoms with Crippen LogP contribution in [0, 0.1) is 5.82 Å². The molecule has 1 aromatic carbocycles. The van der Waals surface area contributed by atoms with Crippen molar-refractivity contribution in [1.82, 2.24) is 25.6 Å². The first-order valence-corrected chi connectivity index (χ1v) is 13.7. The van der Waals surface area contributed by atoms with Gasteiger partial charge in [-0.2, -0.15) is 0 Å². The summed E-state index contributed by atoms with van der Waals surface area (Å²) in [6.07, 6.45) is 3.46. The van der Waals surface area contributed by atoms with Crippen molar-refractivity contribution >= 4 is 34.7 Å². The monoisotopic (exact) mass is 602 g/mol. The molecular formula is C29H30Cl2F2N6O2. The molecule has 4 aromatic rings. The van der Waals surface area contributed by atoms with Crippen molar-refractivity contribution in [2.75, 3.05) is 38.8 Å². The molecule has 0 fully saturated rings. The highest BCUT2D eigenvalue weighted by atomic mass is 35.5. The van der Waals surface area contributed by atoms with Crippen molar-refractivity contribution in [1.29, 1.82) is 0 Å². The lowest BCUT2D eigenvalue weighted by Crippen LogP contribution is -2.18. The summed E-state index contributed by atoms with van der Waals surface area (Å²) < 4.78 is 33.0. The number of hydrogen-bond acceptors (Lipinski definition) is 8. The number of benzene rings is 1. The van der Waals surface area contributed by atoms with Crippen molar-refractivity contribution in [2.24, 2.45) is 0 Å². The van der Waals surface area contributed by atoms with E-state index >= 15 is 4.39 Å². The molecule has 0 aliphatic carbocycles. The number of nitrogens with one attached hydrogen (secondary N) is 3. The fourth-order valence-corrected chi connectivity index (χ4v) is 4.70. The van der Waals surface area contributed by atoms with Crippen LogP contribution in [0.5, 0.6) is 5.88 Å². The van der Waals surface area contributed by atoms with Gasteiger partial charge in [0, 0.05) is 54.3 Å². The Morgan fingerprint density at radius 1 is 0.902 bits per heavy atom. The number of ether oxygens (including phenoxy) is 1. The van der Waals surface area contributed by atoms with E-state index in [1.54, 1.807) is 36.5 Å². The van der Waals surface area contributed by atoms with Gasteiger partial charge in [-0.25, -0.2) is 14.4 Å². The zero-order valence-electron chi connectivity index (χ0n) is 22.4. The summed E-state index contributed by atoms with van der Waals surface area (Å²) in [4.78, 5) is 13.2. The zero-order chi connectivity index (χ0) is 29.2. The van der Waals surface area contributed by atoms with E-state index in [0.717, 1.165) is 5.56 Å². The van der Waals surface area contributed by atoms with Gasteiger partial charge in [0.1, 0.15) is 0 Å². The minimum atomic E-state index is -0.532. The quantitative estimate of drug-likeness (QED) is 0.132. The standard InChI is InChI=1S/C29H30Cl2F2N6O2/c1-41-29-19(17-35-14-15-40)6-7-22(39-29)20-9-13-36-27(25(20)31)21-4-2-5-23(24(21)30)38-28-26(33)18(8-12-37-28)16-34-11-3-10-32/h2,4-9,12-13,34-35,40H,3,10-11,14-17H2,1H3,(H,37,38). The van der Waals surface area contributed by atoms with Crippen LogP contribution in [0.25, 0.3) is 22.5 Å². The minimum absolute atomic E-state index is 0.00603. The Morgan fingerprint density at radius 2 is 1.68 bits per heavy atom. The molecule has 0 aliphatic rings. The lowest BCUT2D eigenvalue weighted by atomic mass is 10.1. The molecule has 0 saturated heterocycles. The van der Waals surface area contributed by atoms with E-state index < -0.39 is 12.5 Å². The second kappa shape index (κ2) is 15.0. The van der Waals surface area contributed by atoms with E-state index in [2.05, 4.69) is 30.9 Å². The molecule has 0 bridgehead atoms. The molecule has 0 amide bonds. The second-order valence-electron chi connectivity index (χ2n) is 8.93. The van der Waals surface area contributed by atoms with Gasteiger partial charge in [-0.05, 0) is 37.2 Å². The molecular weight excluding hydrogens is 573 g/mol. The Balaban J connectivity index is 1.62. The van der Waals surface area contributed by atoms with E-state index in [1.807, 2.05) is 12.1 Å². The van der Waals surface area contributed by atoms with Gasteiger partial charge in [0.15, 0.2) is 11.6 Å². The normalized spacial score (nSPS) is 11.1. The van der Waals surface area contributed by atoms with Crippen LogP contribution in [0.1, 0.15) is 17.5 Å². The largest absolute Gasteiger partial charge is 0.481 e. The average Bonchev–Trinajstić information content (AvgIpc) is 2.98. The van der Waals surface area contributed by atoms with Crippen LogP contribution in [-0.2, 0) is 13.1 Å². The van der Waals surface area contributed by atoms with Crippen molar-refractivity contribution in [3.05, 3.63) is 81.8 Å². The van der Waals surface area contributed by atoms with Crippen molar-refractivity contribution in [3.8, 4) is 28.4 Å². The van der Waals surface area contributed by atoms with E-state index in [0.29, 0.717) is 70.7 Å². The van der Waals surface area contributed by atoms with Crippen LogP contribution in [-0.4, -0.2) is 53.5 Å². The summed E-state index contributed by atoms with van der Waals surface area (Å²) in [5.41, 5.74) is 3.80. The topological polar surface area (TPSA) is 104 Å². The number of rotatable bonds is 14. The lowest BCUT2D eigenvalue weighted by molar-refractivity contribution is 0.291. The number of anilines is 2. The number of aromatic nitrogens is 3. The predicted octanol–water partition coefficient (Wildman–Crippen LogP) is 5.93. The van der Waals surface area contributed by atoms with Crippen LogP contribution in [0.2, 0.25) is 10.0 Å². The second-order valence-corrected chi connectivity index (χ2v) is 9.69. The Bertz CT molecular complexity index is 1480. The number of nitrogens with zero attached hydrogens (tertiary/aromatic N) is 3. The first kappa shape index (κ1) is 30.5. The van der Waals surface area contributed by atoms with Crippen LogP contribution < -0.4 is 20.7 Å². The van der Waals surface area contributed by atoms with Crippen molar-refractivity contribution in [2.45, 2.75) is 19.5 Å². The number of aliphatic hydroxyl groups is 1. The highest BCUT2D eigenvalue weighted by Crippen LogP contribution is 2.40. The van der Waals surface area contributed by atoms with Crippen molar-refractivity contribution in [3.63, 3.8) is 0 Å². The number of methoxy groups -OCH3 is 1. The average molecular weight is 604 g/mol. The maximum absolute atomic E-state index is 15.2. The summed E-state index contributed by atoms with van der Waals surface area (Å²) in [6.45, 7) is 1.20. The summed E-state index contributed by atoms with van der Waals surface area (Å²) >= 11 is 13.6. The third-order valence-corrected chi connectivity index (χ3v) is 6.97. The Morgan fingerprint density at radius 3 is 2.46 bits per heavy atom. The van der Waals surface area contributed by atoms with Gasteiger partial charge in [0.05, 0.1) is 47.5 Å². The SMILES string of the molecule is COc1nc(-c2ccnc(-c3cccc(Nc4nccc(CNCCCF)c4F)c3Cl)c2Cl)ccc1CNCCO. The highest BCUT2D eigenvalue weighted by Gasteiger charge is 2.19. The molecule has 216 valence electrons. The van der Waals surface area contributed by atoms with E-state index in [1.165, 1.54) is 13.3 Å². The van der Waals surface area contributed by atoms with Gasteiger partial charge in [0.25, 0.3) is 0 Å². The van der Waals surface area contributed by atoms with E-state index in [9.17, 15) is 4.39 Å². The zero-order valence-corrected chi connectivity index (χ0v) is 23.9. The molecule has 4 rings (SSSR count). The molecule has 0 radical (unpaired) electrons. The number of pyridine rings is 3. The number of hydrogen-bond donors (Lipinski definition) is 4.